The third-order valence-electron chi connectivity index (χ3n) is 3.16. The van der Waals surface area contributed by atoms with Gasteiger partial charge in [0.1, 0.15) is 6.26 Å². The molecule has 0 unspecified atom stereocenters. The quantitative estimate of drug-likeness (QED) is 0.842. The Hall–Kier alpha value is -2.20. The molecule has 3 rings (SSSR count). The summed E-state index contributed by atoms with van der Waals surface area (Å²) in [5.74, 6) is 0.124. The van der Waals surface area contributed by atoms with Crippen molar-refractivity contribution in [3.8, 4) is 0 Å². The van der Waals surface area contributed by atoms with Crippen molar-refractivity contribution in [2.24, 2.45) is 0 Å². The van der Waals surface area contributed by atoms with Crippen molar-refractivity contribution in [1.29, 1.82) is 0 Å². The number of ketones is 1. The zero-order chi connectivity index (χ0) is 13.1. The van der Waals surface area contributed by atoms with E-state index < -0.39 is 0 Å². The van der Waals surface area contributed by atoms with E-state index in [1.165, 1.54) is 5.56 Å². The van der Waals surface area contributed by atoms with Gasteiger partial charge in [-0.15, -0.1) is 0 Å². The minimum atomic E-state index is 0.124. The van der Waals surface area contributed by atoms with Crippen molar-refractivity contribution < 1.29 is 9.32 Å². The maximum absolute atomic E-state index is 11.8. The highest BCUT2D eigenvalue weighted by atomic mass is 16.5. The Bertz CT molecular complexity index is 588. The molecule has 0 aliphatic carbocycles. The van der Waals surface area contributed by atoms with E-state index in [1.807, 2.05) is 18.2 Å². The average Bonchev–Trinajstić information content (AvgIpc) is 2.93. The van der Waals surface area contributed by atoms with E-state index in [9.17, 15) is 4.79 Å². The van der Waals surface area contributed by atoms with Crippen LogP contribution in [-0.4, -0.2) is 28.9 Å². The molecule has 0 saturated heterocycles. The summed E-state index contributed by atoms with van der Waals surface area (Å²) in [5.41, 5.74) is 3.06. The summed E-state index contributed by atoms with van der Waals surface area (Å²) in [6.45, 7) is 1.97. The van der Waals surface area contributed by atoms with Gasteiger partial charge in [0.05, 0.1) is 12.7 Å². The molecule has 1 aromatic heterocycles. The average molecular weight is 254 g/mol. The molecular formula is C15H14N2O2. The van der Waals surface area contributed by atoms with E-state index in [-0.39, 0.29) is 5.78 Å². The number of hydrogen-bond acceptors (Lipinski definition) is 4. The molecule has 2 heterocycles. The summed E-state index contributed by atoms with van der Waals surface area (Å²) in [4.78, 5) is 13.9. The summed E-state index contributed by atoms with van der Waals surface area (Å²) < 4.78 is 4.84. The molecule has 0 radical (unpaired) electrons. The first kappa shape index (κ1) is 11.9. The molecule has 1 aliphatic heterocycles. The fourth-order valence-electron chi connectivity index (χ4n) is 2.29. The molecule has 1 aromatic carbocycles. The van der Waals surface area contributed by atoms with Crippen LogP contribution in [0.25, 0.3) is 5.57 Å². The van der Waals surface area contributed by atoms with Gasteiger partial charge >= 0.3 is 0 Å². The molecule has 0 bridgehead atoms. The van der Waals surface area contributed by atoms with Gasteiger partial charge in [-0.05, 0) is 17.2 Å². The van der Waals surface area contributed by atoms with E-state index in [0.717, 1.165) is 24.2 Å². The zero-order valence-electron chi connectivity index (χ0n) is 10.5. The number of carbonyl (C=O) groups excluding carboxylic acids is 1. The van der Waals surface area contributed by atoms with Gasteiger partial charge < -0.3 is 4.52 Å². The molecule has 0 spiro atoms. The van der Waals surface area contributed by atoms with Crippen molar-refractivity contribution in [1.82, 2.24) is 10.1 Å². The van der Waals surface area contributed by atoms with Crippen LogP contribution in [-0.2, 0) is 11.3 Å². The zero-order valence-corrected chi connectivity index (χ0v) is 10.5. The van der Waals surface area contributed by atoms with Crippen molar-refractivity contribution in [2.75, 3.05) is 13.1 Å². The Morgan fingerprint density at radius 3 is 2.79 bits per heavy atom. The lowest BCUT2D eigenvalue weighted by molar-refractivity contribution is -0.116. The van der Waals surface area contributed by atoms with Gasteiger partial charge in [-0.3, -0.25) is 9.69 Å². The second-order valence-electron chi connectivity index (χ2n) is 4.68. The lowest BCUT2D eigenvalue weighted by Gasteiger charge is -2.25. The lowest BCUT2D eigenvalue weighted by atomic mass is 10.0. The highest BCUT2D eigenvalue weighted by Gasteiger charge is 2.19. The number of carbonyl (C=O) groups is 1. The number of nitrogens with zero attached hydrogens (tertiary/aromatic N) is 2. The molecule has 96 valence electrons. The van der Waals surface area contributed by atoms with Gasteiger partial charge in [-0.2, -0.15) is 0 Å². The first-order valence-electron chi connectivity index (χ1n) is 6.21. The Morgan fingerprint density at radius 1 is 1.21 bits per heavy atom. The van der Waals surface area contributed by atoms with Crippen molar-refractivity contribution in [3.05, 3.63) is 60.0 Å². The molecule has 19 heavy (non-hydrogen) atoms. The Kier molecular flexibility index (Phi) is 3.25. The molecule has 2 aromatic rings. The SMILES string of the molecule is O=C1C=C(c2cnoc2)CN(Cc2ccccc2)C1. The second-order valence-corrected chi connectivity index (χ2v) is 4.68. The lowest BCUT2D eigenvalue weighted by Crippen LogP contribution is -2.34. The van der Waals surface area contributed by atoms with Gasteiger partial charge in [0.2, 0.25) is 0 Å². The van der Waals surface area contributed by atoms with Crippen LogP contribution in [0.1, 0.15) is 11.1 Å². The molecule has 4 nitrogen and oxygen atoms in total. The molecule has 0 amide bonds. The largest absolute Gasteiger partial charge is 0.364 e. The van der Waals surface area contributed by atoms with E-state index in [1.54, 1.807) is 18.5 Å². The van der Waals surface area contributed by atoms with E-state index in [2.05, 4.69) is 22.2 Å². The van der Waals surface area contributed by atoms with Crippen LogP contribution in [0.2, 0.25) is 0 Å². The Balaban J connectivity index is 1.76. The summed E-state index contributed by atoms with van der Waals surface area (Å²) >= 11 is 0. The van der Waals surface area contributed by atoms with Crippen molar-refractivity contribution in [2.45, 2.75) is 6.54 Å². The standard InChI is InChI=1S/C15H14N2O2/c18-15-6-13(14-7-16-19-11-14)9-17(10-15)8-12-4-2-1-3-5-12/h1-7,11H,8-10H2. The van der Waals surface area contributed by atoms with Crippen LogP contribution >= 0.6 is 0 Å². The van der Waals surface area contributed by atoms with Gasteiger partial charge in [-0.25, -0.2) is 0 Å². The fraction of sp³-hybridized carbons (Fsp3) is 0.200. The predicted octanol–water partition coefficient (Wildman–Crippen LogP) is 2.14. The minimum Gasteiger partial charge on any atom is -0.364 e. The van der Waals surface area contributed by atoms with Crippen molar-refractivity contribution >= 4 is 11.4 Å². The fourth-order valence-corrected chi connectivity index (χ4v) is 2.29. The maximum atomic E-state index is 11.8. The topological polar surface area (TPSA) is 46.3 Å². The monoisotopic (exact) mass is 254 g/mol. The smallest absolute Gasteiger partial charge is 0.170 e. The van der Waals surface area contributed by atoms with Gasteiger partial charge in [0, 0.05) is 18.7 Å². The van der Waals surface area contributed by atoms with Gasteiger partial charge in [0.15, 0.2) is 5.78 Å². The van der Waals surface area contributed by atoms with E-state index >= 15 is 0 Å². The molecule has 0 atom stereocenters. The van der Waals surface area contributed by atoms with Crippen LogP contribution in [0.5, 0.6) is 0 Å². The highest BCUT2D eigenvalue weighted by Crippen LogP contribution is 2.20. The van der Waals surface area contributed by atoms with Crippen LogP contribution < -0.4 is 0 Å². The van der Waals surface area contributed by atoms with Crippen molar-refractivity contribution in [3.63, 3.8) is 0 Å². The van der Waals surface area contributed by atoms with E-state index in [0.29, 0.717) is 6.54 Å². The number of hydrogen-bond donors (Lipinski definition) is 0. The van der Waals surface area contributed by atoms with Crippen LogP contribution in [0.4, 0.5) is 0 Å². The van der Waals surface area contributed by atoms with Gasteiger partial charge in [-0.1, -0.05) is 35.5 Å². The van der Waals surface area contributed by atoms with Crippen LogP contribution in [0.15, 0.2) is 53.4 Å². The maximum Gasteiger partial charge on any atom is 0.170 e. The second kappa shape index (κ2) is 5.20. The van der Waals surface area contributed by atoms with Crippen LogP contribution in [0, 0.1) is 0 Å². The van der Waals surface area contributed by atoms with Crippen LogP contribution in [0.3, 0.4) is 0 Å². The van der Waals surface area contributed by atoms with E-state index in [4.69, 9.17) is 4.52 Å². The summed E-state index contributed by atoms with van der Waals surface area (Å²) in [6.07, 6.45) is 4.91. The summed E-state index contributed by atoms with van der Waals surface area (Å²) in [7, 11) is 0. The first-order chi connectivity index (χ1) is 9.31. The Morgan fingerprint density at radius 2 is 2.05 bits per heavy atom. The number of rotatable bonds is 3. The number of aromatic nitrogens is 1. The minimum absolute atomic E-state index is 0.124. The normalized spacial score (nSPS) is 16.4. The number of benzene rings is 1. The molecule has 1 aliphatic rings. The molecule has 0 fully saturated rings. The Labute approximate surface area is 111 Å². The molecule has 4 heteroatoms. The third-order valence-corrected chi connectivity index (χ3v) is 3.16. The van der Waals surface area contributed by atoms with Gasteiger partial charge in [0.25, 0.3) is 0 Å². The molecule has 0 saturated carbocycles. The first-order valence-corrected chi connectivity index (χ1v) is 6.21. The third kappa shape index (κ3) is 2.80. The predicted molar refractivity (Wildman–Crippen MR) is 71.2 cm³/mol. The molecule has 0 N–H and O–H groups in total. The highest BCUT2D eigenvalue weighted by molar-refractivity contribution is 5.99. The summed E-state index contributed by atoms with van der Waals surface area (Å²) in [6, 6.07) is 10.2. The molecular weight excluding hydrogens is 240 g/mol. The summed E-state index contributed by atoms with van der Waals surface area (Å²) in [5, 5.41) is 3.69.